The summed E-state index contributed by atoms with van der Waals surface area (Å²) in [4.78, 5) is 22.9. The molecule has 0 unspecified atom stereocenters. The van der Waals surface area contributed by atoms with Gasteiger partial charge in [-0.05, 0) is 24.2 Å². The third-order valence-electron chi connectivity index (χ3n) is 2.53. The molecule has 1 heterocycles. The van der Waals surface area contributed by atoms with Crippen LogP contribution in [0.15, 0.2) is 45.4 Å². The number of amides is 1. The van der Waals surface area contributed by atoms with E-state index in [1.165, 1.54) is 7.11 Å². The van der Waals surface area contributed by atoms with Crippen molar-refractivity contribution in [1.29, 1.82) is 0 Å². The smallest absolute Gasteiger partial charge is 0.331 e. The molecule has 1 saturated heterocycles. The first-order chi connectivity index (χ1) is 10.1. The average Bonchev–Trinajstić information content (AvgIpc) is 2.81. The van der Waals surface area contributed by atoms with Crippen molar-refractivity contribution in [2.75, 3.05) is 7.11 Å². The summed E-state index contributed by atoms with van der Waals surface area (Å²) >= 11 is 1.04. The van der Waals surface area contributed by atoms with E-state index in [-0.39, 0.29) is 4.91 Å². The van der Waals surface area contributed by atoms with Crippen LogP contribution >= 0.6 is 11.8 Å². The highest BCUT2D eigenvalue weighted by Crippen LogP contribution is 2.23. The summed E-state index contributed by atoms with van der Waals surface area (Å²) < 4.78 is 4.47. The molecule has 0 aromatic heterocycles. The number of nitrogens with zero attached hydrogens (tertiary/aromatic N) is 2. The molecule has 1 aromatic carbocycles. The average molecular weight is 303 g/mol. The summed E-state index contributed by atoms with van der Waals surface area (Å²) in [7, 11) is 1.25. The van der Waals surface area contributed by atoms with Crippen LogP contribution in [0, 0.1) is 6.92 Å². The zero-order valence-electron chi connectivity index (χ0n) is 11.5. The topological polar surface area (TPSA) is 80.1 Å². The van der Waals surface area contributed by atoms with Gasteiger partial charge in [0.15, 0.2) is 5.17 Å². The Kier molecular flexibility index (Phi) is 4.89. The highest BCUT2D eigenvalue weighted by Gasteiger charge is 2.24. The Morgan fingerprint density at radius 2 is 2.05 bits per heavy atom. The van der Waals surface area contributed by atoms with Crippen molar-refractivity contribution in [3.05, 3.63) is 46.4 Å². The molecule has 1 aromatic rings. The van der Waals surface area contributed by atoms with Crippen molar-refractivity contribution in [2.24, 2.45) is 10.2 Å². The van der Waals surface area contributed by atoms with E-state index in [4.69, 9.17) is 0 Å². The Morgan fingerprint density at radius 1 is 1.33 bits per heavy atom. The fourth-order valence-corrected chi connectivity index (χ4v) is 2.18. The number of amidine groups is 1. The normalized spacial score (nSPS) is 18.5. The van der Waals surface area contributed by atoms with Crippen molar-refractivity contribution < 1.29 is 14.3 Å². The molecule has 1 N–H and O–H groups in total. The number of thioether (sulfide) groups is 1. The van der Waals surface area contributed by atoms with Crippen molar-refractivity contribution in [2.45, 2.75) is 6.92 Å². The predicted molar refractivity (Wildman–Crippen MR) is 82.0 cm³/mol. The molecule has 0 saturated carbocycles. The second kappa shape index (κ2) is 6.85. The fourth-order valence-electron chi connectivity index (χ4n) is 1.44. The summed E-state index contributed by atoms with van der Waals surface area (Å²) in [5, 5.41) is 10.6. The molecule has 0 radical (unpaired) electrons. The van der Waals surface area contributed by atoms with Crippen molar-refractivity contribution in [3.8, 4) is 0 Å². The van der Waals surface area contributed by atoms with Crippen LogP contribution in [0.5, 0.6) is 0 Å². The first kappa shape index (κ1) is 15.0. The zero-order valence-corrected chi connectivity index (χ0v) is 12.3. The summed E-state index contributed by atoms with van der Waals surface area (Å²) in [5.41, 5.74) is 2.07. The molecule has 7 heteroatoms. The number of hydrogen-bond acceptors (Lipinski definition) is 6. The zero-order chi connectivity index (χ0) is 15.2. The Bertz CT molecular complexity index is 648. The molecule has 1 aliphatic rings. The summed E-state index contributed by atoms with van der Waals surface area (Å²) in [6.07, 6.45) is 2.70. The molecule has 1 amide bonds. The molecule has 2 rings (SSSR count). The standard InChI is InChI=1S/C14H13N3O3S/c1-9-3-5-10(6-4-9)8-15-17-14-16-13(19)11(21-14)7-12(18)20-2/h3-8H,1-2H3,(H,16,17,19)/b11-7-,15-8+. The number of carbonyl (C=O) groups is 2. The molecule has 0 atom stereocenters. The number of benzene rings is 1. The van der Waals surface area contributed by atoms with Crippen LogP contribution in [0.1, 0.15) is 11.1 Å². The van der Waals surface area contributed by atoms with Crippen LogP contribution in [0.2, 0.25) is 0 Å². The van der Waals surface area contributed by atoms with Gasteiger partial charge < -0.3 is 4.74 Å². The first-order valence-corrected chi connectivity index (χ1v) is 6.86. The minimum absolute atomic E-state index is 0.228. The highest BCUT2D eigenvalue weighted by atomic mass is 32.2. The predicted octanol–water partition coefficient (Wildman–Crippen LogP) is 1.60. The number of nitrogens with one attached hydrogen (secondary N) is 1. The third-order valence-corrected chi connectivity index (χ3v) is 3.43. The Hall–Kier alpha value is -2.41. The minimum atomic E-state index is -0.586. The van der Waals surface area contributed by atoms with Gasteiger partial charge in [0.05, 0.1) is 18.2 Å². The number of carbonyl (C=O) groups excluding carboxylic acids is 2. The monoisotopic (exact) mass is 303 g/mol. The van der Waals surface area contributed by atoms with Crippen LogP contribution in [-0.4, -0.2) is 30.4 Å². The van der Waals surface area contributed by atoms with E-state index >= 15 is 0 Å². The second-order valence-corrected chi connectivity index (χ2v) is 5.18. The molecule has 1 aliphatic heterocycles. The van der Waals surface area contributed by atoms with E-state index in [1.54, 1.807) is 6.21 Å². The first-order valence-electron chi connectivity index (χ1n) is 6.05. The van der Waals surface area contributed by atoms with E-state index in [9.17, 15) is 9.59 Å². The SMILES string of the molecule is COC(=O)/C=C1\S/C(=N\N=C\c2ccc(C)cc2)NC1=O. The molecule has 1 fully saturated rings. The van der Waals surface area contributed by atoms with Gasteiger partial charge in [-0.2, -0.15) is 5.10 Å². The van der Waals surface area contributed by atoms with Crippen LogP contribution in [0.3, 0.4) is 0 Å². The van der Waals surface area contributed by atoms with Crippen molar-refractivity contribution >= 4 is 35.0 Å². The molecule has 0 spiro atoms. The number of methoxy groups -OCH3 is 1. The maximum absolute atomic E-state index is 11.6. The van der Waals surface area contributed by atoms with Gasteiger partial charge in [0.1, 0.15) is 0 Å². The lowest BCUT2D eigenvalue weighted by Gasteiger charge is -1.93. The number of esters is 1. The second-order valence-electron chi connectivity index (χ2n) is 4.15. The van der Waals surface area contributed by atoms with E-state index in [2.05, 4.69) is 20.3 Å². The van der Waals surface area contributed by atoms with Crippen LogP contribution in [0.4, 0.5) is 0 Å². The molecule has 108 valence electrons. The summed E-state index contributed by atoms with van der Waals surface area (Å²) in [6, 6.07) is 7.78. The maximum Gasteiger partial charge on any atom is 0.331 e. The highest BCUT2D eigenvalue weighted by molar-refractivity contribution is 8.18. The maximum atomic E-state index is 11.6. The van der Waals surface area contributed by atoms with Gasteiger partial charge in [0, 0.05) is 6.08 Å². The van der Waals surface area contributed by atoms with Gasteiger partial charge in [0.25, 0.3) is 5.91 Å². The third kappa shape index (κ3) is 4.28. The molecular formula is C14H13N3O3S. The lowest BCUT2D eigenvalue weighted by molar-refractivity contribution is -0.135. The van der Waals surface area contributed by atoms with Gasteiger partial charge in [0.2, 0.25) is 0 Å². The number of hydrogen-bond donors (Lipinski definition) is 1. The van der Waals surface area contributed by atoms with E-state index in [0.29, 0.717) is 5.17 Å². The van der Waals surface area contributed by atoms with Gasteiger partial charge in [-0.3, -0.25) is 10.1 Å². The summed E-state index contributed by atoms with van der Waals surface area (Å²) in [6.45, 7) is 2.00. The largest absolute Gasteiger partial charge is 0.466 e. The van der Waals surface area contributed by atoms with Crippen molar-refractivity contribution in [3.63, 3.8) is 0 Å². The van der Waals surface area contributed by atoms with Crippen LogP contribution in [-0.2, 0) is 14.3 Å². The molecule has 0 aliphatic carbocycles. The Morgan fingerprint density at radius 3 is 2.71 bits per heavy atom. The molecule has 0 bridgehead atoms. The number of ether oxygens (including phenoxy) is 1. The molecule has 6 nitrogen and oxygen atoms in total. The molecular weight excluding hydrogens is 290 g/mol. The van der Waals surface area contributed by atoms with E-state index < -0.39 is 11.9 Å². The lowest BCUT2D eigenvalue weighted by Crippen LogP contribution is -2.19. The van der Waals surface area contributed by atoms with Crippen LogP contribution in [0.25, 0.3) is 0 Å². The quantitative estimate of drug-likeness (QED) is 0.398. The van der Waals surface area contributed by atoms with E-state index in [0.717, 1.165) is 29.0 Å². The van der Waals surface area contributed by atoms with Crippen molar-refractivity contribution in [1.82, 2.24) is 5.32 Å². The fraction of sp³-hybridized carbons (Fsp3) is 0.143. The van der Waals surface area contributed by atoms with Crippen LogP contribution < -0.4 is 5.32 Å². The number of rotatable bonds is 3. The lowest BCUT2D eigenvalue weighted by atomic mass is 10.2. The minimum Gasteiger partial charge on any atom is -0.466 e. The summed E-state index contributed by atoms with van der Waals surface area (Å²) in [5.74, 6) is -0.980. The van der Waals surface area contributed by atoms with Gasteiger partial charge in [-0.15, -0.1) is 5.10 Å². The van der Waals surface area contributed by atoms with Gasteiger partial charge >= 0.3 is 5.97 Å². The Balaban J connectivity index is 2.03. The Labute approximate surface area is 126 Å². The molecule has 21 heavy (non-hydrogen) atoms. The van der Waals surface area contributed by atoms with Gasteiger partial charge in [-0.1, -0.05) is 29.8 Å². The van der Waals surface area contributed by atoms with E-state index in [1.807, 2.05) is 31.2 Å². The van der Waals surface area contributed by atoms with Gasteiger partial charge in [-0.25, -0.2) is 4.79 Å². The number of aryl methyl sites for hydroxylation is 1.